The molecule has 0 aliphatic rings. The van der Waals surface area contributed by atoms with E-state index in [1.165, 1.54) is 0 Å². The van der Waals surface area contributed by atoms with E-state index in [2.05, 4.69) is 16.4 Å². The molecule has 0 bridgehead atoms. The number of halogens is 1. The predicted octanol–water partition coefficient (Wildman–Crippen LogP) is 3.99. The molecule has 2 nitrogen and oxygen atoms in total. The van der Waals surface area contributed by atoms with E-state index in [9.17, 15) is 4.39 Å². The Morgan fingerprint density at radius 2 is 1.95 bits per heavy atom. The van der Waals surface area contributed by atoms with Crippen LogP contribution in [0.25, 0.3) is 10.9 Å². The summed E-state index contributed by atoms with van der Waals surface area (Å²) in [4.78, 5) is 4.31. The number of benzene rings is 2. The molecule has 1 atom stereocenters. The number of nitrogens with one attached hydrogen (secondary N) is 1. The summed E-state index contributed by atoms with van der Waals surface area (Å²) in [6, 6.07) is 15.1. The SMILES string of the molecule is CNC(c1ccc2ncccc2c1)c1ccc(C)cc1F. The summed E-state index contributed by atoms with van der Waals surface area (Å²) >= 11 is 0. The lowest BCUT2D eigenvalue weighted by Gasteiger charge is -2.18. The van der Waals surface area contributed by atoms with Crippen LogP contribution in [0.2, 0.25) is 0 Å². The zero-order chi connectivity index (χ0) is 14.8. The fraction of sp³-hybridized carbons (Fsp3) is 0.167. The molecule has 3 rings (SSSR count). The molecule has 1 N–H and O–H groups in total. The van der Waals surface area contributed by atoms with Crippen LogP contribution in [0.4, 0.5) is 4.39 Å². The molecule has 0 saturated carbocycles. The lowest BCUT2D eigenvalue weighted by molar-refractivity contribution is 0.575. The molecule has 0 aliphatic heterocycles. The van der Waals surface area contributed by atoms with Gasteiger partial charge in [0.05, 0.1) is 11.6 Å². The van der Waals surface area contributed by atoms with Gasteiger partial charge < -0.3 is 5.32 Å². The van der Waals surface area contributed by atoms with Crippen molar-refractivity contribution >= 4 is 10.9 Å². The van der Waals surface area contributed by atoms with E-state index in [1.807, 2.05) is 50.4 Å². The van der Waals surface area contributed by atoms with Gasteiger partial charge in [-0.15, -0.1) is 0 Å². The van der Waals surface area contributed by atoms with Crippen molar-refractivity contribution in [2.75, 3.05) is 7.05 Å². The molecule has 21 heavy (non-hydrogen) atoms. The van der Waals surface area contributed by atoms with Gasteiger partial charge in [0.15, 0.2) is 0 Å². The fourth-order valence-electron chi connectivity index (χ4n) is 2.64. The normalized spacial score (nSPS) is 12.5. The van der Waals surface area contributed by atoms with Crippen LogP contribution in [0.15, 0.2) is 54.7 Å². The highest BCUT2D eigenvalue weighted by atomic mass is 19.1. The Balaban J connectivity index is 2.09. The number of rotatable bonds is 3. The molecule has 106 valence electrons. The smallest absolute Gasteiger partial charge is 0.128 e. The van der Waals surface area contributed by atoms with E-state index in [1.54, 1.807) is 12.3 Å². The van der Waals surface area contributed by atoms with Gasteiger partial charge in [0.25, 0.3) is 0 Å². The van der Waals surface area contributed by atoms with Crippen molar-refractivity contribution in [3.8, 4) is 0 Å². The lowest BCUT2D eigenvalue weighted by atomic mass is 9.96. The van der Waals surface area contributed by atoms with Crippen molar-refractivity contribution in [2.24, 2.45) is 0 Å². The van der Waals surface area contributed by atoms with Crippen molar-refractivity contribution in [3.05, 3.63) is 77.2 Å². The first kappa shape index (κ1) is 13.7. The monoisotopic (exact) mass is 280 g/mol. The summed E-state index contributed by atoms with van der Waals surface area (Å²) in [6.45, 7) is 1.89. The van der Waals surface area contributed by atoms with Gasteiger partial charge in [0.2, 0.25) is 0 Å². The highest BCUT2D eigenvalue weighted by Gasteiger charge is 2.16. The summed E-state index contributed by atoms with van der Waals surface area (Å²) in [5.74, 6) is -0.180. The molecule has 0 aliphatic carbocycles. The van der Waals surface area contributed by atoms with Gasteiger partial charge in [-0.3, -0.25) is 4.98 Å². The van der Waals surface area contributed by atoms with Crippen LogP contribution in [-0.4, -0.2) is 12.0 Å². The molecular formula is C18H17FN2. The van der Waals surface area contributed by atoms with E-state index in [4.69, 9.17) is 0 Å². The highest BCUT2D eigenvalue weighted by Crippen LogP contribution is 2.27. The standard InChI is InChI=1S/C18H17FN2/c1-12-5-7-15(16(19)10-12)18(20-2)14-6-8-17-13(11-14)4-3-9-21-17/h3-11,18,20H,1-2H3. The van der Waals surface area contributed by atoms with E-state index in [-0.39, 0.29) is 11.9 Å². The van der Waals surface area contributed by atoms with E-state index in [0.717, 1.165) is 22.0 Å². The average molecular weight is 280 g/mol. The number of nitrogens with zero attached hydrogens (tertiary/aromatic N) is 1. The number of aromatic nitrogens is 1. The lowest BCUT2D eigenvalue weighted by Crippen LogP contribution is -2.19. The minimum absolute atomic E-state index is 0.171. The van der Waals surface area contributed by atoms with Crippen LogP contribution in [0.1, 0.15) is 22.7 Å². The Bertz CT molecular complexity index is 783. The molecule has 0 amide bonds. The summed E-state index contributed by atoms with van der Waals surface area (Å²) in [5, 5.41) is 4.26. The molecule has 2 aromatic carbocycles. The Morgan fingerprint density at radius 3 is 2.71 bits per heavy atom. The second kappa shape index (κ2) is 5.62. The van der Waals surface area contributed by atoms with Crippen molar-refractivity contribution in [3.63, 3.8) is 0 Å². The maximum absolute atomic E-state index is 14.2. The number of pyridine rings is 1. The van der Waals surface area contributed by atoms with Crippen LogP contribution >= 0.6 is 0 Å². The van der Waals surface area contributed by atoms with Crippen molar-refractivity contribution < 1.29 is 4.39 Å². The van der Waals surface area contributed by atoms with Crippen LogP contribution in [0, 0.1) is 12.7 Å². The third-order valence-electron chi connectivity index (χ3n) is 3.72. The van der Waals surface area contributed by atoms with Crippen LogP contribution < -0.4 is 5.32 Å². The van der Waals surface area contributed by atoms with Crippen molar-refractivity contribution in [1.29, 1.82) is 0 Å². The first-order chi connectivity index (χ1) is 10.2. The van der Waals surface area contributed by atoms with Gasteiger partial charge in [-0.05, 0) is 49.4 Å². The van der Waals surface area contributed by atoms with Crippen LogP contribution in [0.3, 0.4) is 0 Å². The fourth-order valence-corrected chi connectivity index (χ4v) is 2.64. The summed E-state index contributed by atoms with van der Waals surface area (Å²) < 4.78 is 14.2. The molecule has 3 aromatic rings. The Hall–Kier alpha value is -2.26. The largest absolute Gasteiger partial charge is 0.309 e. The Kier molecular flexibility index (Phi) is 3.67. The summed E-state index contributed by atoms with van der Waals surface area (Å²) in [7, 11) is 1.84. The molecule has 0 radical (unpaired) electrons. The minimum atomic E-state index is -0.180. The number of aryl methyl sites for hydroxylation is 1. The summed E-state index contributed by atoms with van der Waals surface area (Å²) in [6.07, 6.45) is 1.78. The third kappa shape index (κ3) is 2.65. The van der Waals surface area contributed by atoms with E-state index in [0.29, 0.717) is 5.56 Å². The second-order valence-corrected chi connectivity index (χ2v) is 5.20. The summed E-state index contributed by atoms with van der Waals surface area (Å²) in [5.41, 5.74) is 3.56. The third-order valence-corrected chi connectivity index (χ3v) is 3.72. The zero-order valence-corrected chi connectivity index (χ0v) is 12.1. The molecule has 1 unspecified atom stereocenters. The molecular weight excluding hydrogens is 263 g/mol. The Morgan fingerprint density at radius 1 is 1.10 bits per heavy atom. The van der Waals surface area contributed by atoms with E-state index >= 15 is 0 Å². The number of hydrogen-bond donors (Lipinski definition) is 1. The minimum Gasteiger partial charge on any atom is -0.309 e. The molecule has 1 heterocycles. The Labute approximate surface area is 123 Å². The van der Waals surface area contributed by atoms with Gasteiger partial charge in [-0.2, -0.15) is 0 Å². The van der Waals surface area contributed by atoms with Crippen LogP contribution in [-0.2, 0) is 0 Å². The topological polar surface area (TPSA) is 24.9 Å². The van der Waals surface area contributed by atoms with Gasteiger partial charge in [-0.25, -0.2) is 4.39 Å². The maximum Gasteiger partial charge on any atom is 0.128 e. The number of fused-ring (bicyclic) bond motifs is 1. The second-order valence-electron chi connectivity index (χ2n) is 5.20. The highest BCUT2D eigenvalue weighted by molar-refractivity contribution is 5.79. The molecule has 0 fully saturated rings. The first-order valence-electron chi connectivity index (χ1n) is 6.97. The molecule has 0 saturated heterocycles. The van der Waals surface area contributed by atoms with Gasteiger partial charge in [-0.1, -0.05) is 24.3 Å². The first-order valence-corrected chi connectivity index (χ1v) is 6.97. The number of hydrogen-bond acceptors (Lipinski definition) is 2. The zero-order valence-electron chi connectivity index (χ0n) is 12.1. The van der Waals surface area contributed by atoms with Crippen molar-refractivity contribution in [2.45, 2.75) is 13.0 Å². The average Bonchev–Trinajstić information content (AvgIpc) is 2.50. The van der Waals surface area contributed by atoms with Crippen LogP contribution in [0.5, 0.6) is 0 Å². The van der Waals surface area contributed by atoms with Crippen molar-refractivity contribution in [1.82, 2.24) is 10.3 Å². The maximum atomic E-state index is 14.2. The molecule has 1 aromatic heterocycles. The molecule has 3 heteroatoms. The van der Waals surface area contributed by atoms with Gasteiger partial charge in [0.1, 0.15) is 5.82 Å². The van der Waals surface area contributed by atoms with E-state index < -0.39 is 0 Å². The van der Waals surface area contributed by atoms with Gasteiger partial charge >= 0.3 is 0 Å². The quantitative estimate of drug-likeness (QED) is 0.784. The van der Waals surface area contributed by atoms with Gasteiger partial charge in [0, 0.05) is 17.1 Å². The predicted molar refractivity (Wildman–Crippen MR) is 83.8 cm³/mol. The molecule has 0 spiro atoms.